The first kappa shape index (κ1) is 21.1. The van der Waals surface area contributed by atoms with Gasteiger partial charge in [0.15, 0.2) is 0 Å². The van der Waals surface area contributed by atoms with E-state index in [0.29, 0.717) is 24.2 Å². The van der Waals surface area contributed by atoms with Gasteiger partial charge in [-0.25, -0.2) is 4.79 Å². The van der Waals surface area contributed by atoms with Crippen molar-refractivity contribution in [2.24, 2.45) is 0 Å². The third-order valence-corrected chi connectivity index (χ3v) is 5.17. The van der Waals surface area contributed by atoms with E-state index in [2.05, 4.69) is 22.5 Å². The molecule has 6 heteroatoms. The second-order valence-corrected chi connectivity index (χ2v) is 7.32. The lowest BCUT2D eigenvalue weighted by atomic mass is 9.98. The number of esters is 1. The van der Waals surface area contributed by atoms with E-state index in [0.717, 1.165) is 22.3 Å². The second kappa shape index (κ2) is 9.75. The van der Waals surface area contributed by atoms with E-state index in [1.54, 1.807) is 30.5 Å². The Balaban J connectivity index is 1.45. The van der Waals surface area contributed by atoms with Crippen LogP contribution in [0.15, 0.2) is 91.3 Å². The zero-order valence-corrected chi connectivity index (χ0v) is 17.7. The summed E-state index contributed by atoms with van der Waals surface area (Å²) in [6, 6.07) is 24.6. The highest BCUT2D eigenvalue weighted by atomic mass is 16.5. The molecule has 1 N–H and O–H groups in total. The fourth-order valence-electron chi connectivity index (χ4n) is 3.46. The standard InChI is InChI=1S/C26H23N3O3/c1-32-26(31)22-13-7-19(8-14-22)17-27-25(30)24-6-3-2-5-23(24)21-11-9-20(10-12-21)18-29-16-4-15-28-29/h2-16H,17-18H2,1H3,(H,27,30). The highest BCUT2D eigenvalue weighted by molar-refractivity contribution is 6.00. The molecule has 0 aliphatic rings. The summed E-state index contributed by atoms with van der Waals surface area (Å²) in [5.41, 5.74) is 4.96. The average molecular weight is 425 g/mol. The van der Waals surface area contributed by atoms with Crippen LogP contribution in [0.5, 0.6) is 0 Å². The number of nitrogens with one attached hydrogen (secondary N) is 1. The Morgan fingerprint density at radius 2 is 1.62 bits per heavy atom. The van der Waals surface area contributed by atoms with Crippen LogP contribution in [0.1, 0.15) is 31.8 Å². The Morgan fingerprint density at radius 1 is 0.906 bits per heavy atom. The molecule has 1 heterocycles. The quantitative estimate of drug-likeness (QED) is 0.448. The molecule has 4 aromatic rings. The van der Waals surface area contributed by atoms with Crippen molar-refractivity contribution in [3.63, 3.8) is 0 Å². The molecule has 0 radical (unpaired) electrons. The minimum atomic E-state index is -0.384. The fourth-order valence-corrected chi connectivity index (χ4v) is 3.46. The predicted octanol–water partition coefficient (Wildman–Crippen LogP) is 4.32. The van der Waals surface area contributed by atoms with Gasteiger partial charge in [-0.05, 0) is 46.5 Å². The van der Waals surface area contributed by atoms with Gasteiger partial charge in [-0.1, -0.05) is 54.6 Å². The SMILES string of the molecule is COC(=O)c1ccc(CNC(=O)c2ccccc2-c2ccc(Cn3cccn3)cc2)cc1. The molecule has 0 unspecified atom stereocenters. The third-order valence-electron chi connectivity index (χ3n) is 5.17. The van der Waals surface area contributed by atoms with Crippen LogP contribution >= 0.6 is 0 Å². The van der Waals surface area contributed by atoms with Gasteiger partial charge in [0.1, 0.15) is 0 Å². The Morgan fingerprint density at radius 3 is 2.31 bits per heavy atom. The van der Waals surface area contributed by atoms with Crippen molar-refractivity contribution >= 4 is 11.9 Å². The molecule has 1 aromatic heterocycles. The molecular weight excluding hydrogens is 402 g/mol. The number of aromatic nitrogens is 2. The maximum atomic E-state index is 12.9. The lowest BCUT2D eigenvalue weighted by Gasteiger charge is -2.11. The summed E-state index contributed by atoms with van der Waals surface area (Å²) in [7, 11) is 1.35. The van der Waals surface area contributed by atoms with Crippen LogP contribution in [0.2, 0.25) is 0 Å². The van der Waals surface area contributed by atoms with Gasteiger partial charge in [0.05, 0.1) is 19.2 Å². The van der Waals surface area contributed by atoms with Crippen molar-refractivity contribution in [1.29, 1.82) is 0 Å². The maximum absolute atomic E-state index is 12.9. The normalized spacial score (nSPS) is 10.5. The molecule has 3 aromatic carbocycles. The smallest absolute Gasteiger partial charge is 0.337 e. The number of amides is 1. The zero-order chi connectivity index (χ0) is 22.3. The van der Waals surface area contributed by atoms with Crippen molar-refractivity contribution in [1.82, 2.24) is 15.1 Å². The van der Waals surface area contributed by atoms with Gasteiger partial charge in [-0.15, -0.1) is 0 Å². The molecule has 1 amide bonds. The number of nitrogens with zero attached hydrogens (tertiary/aromatic N) is 2. The third kappa shape index (κ3) is 4.92. The minimum absolute atomic E-state index is 0.154. The minimum Gasteiger partial charge on any atom is -0.465 e. The Kier molecular flexibility index (Phi) is 6.41. The van der Waals surface area contributed by atoms with Crippen LogP contribution in [-0.4, -0.2) is 28.8 Å². The second-order valence-electron chi connectivity index (χ2n) is 7.32. The van der Waals surface area contributed by atoms with Gasteiger partial charge in [0.2, 0.25) is 0 Å². The van der Waals surface area contributed by atoms with Gasteiger partial charge in [0.25, 0.3) is 5.91 Å². The van der Waals surface area contributed by atoms with Gasteiger partial charge in [-0.3, -0.25) is 9.48 Å². The summed E-state index contributed by atoms with van der Waals surface area (Å²) in [4.78, 5) is 24.5. The largest absolute Gasteiger partial charge is 0.465 e. The van der Waals surface area contributed by atoms with Crippen LogP contribution in [0.3, 0.4) is 0 Å². The average Bonchev–Trinajstić information content (AvgIpc) is 3.36. The number of benzene rings is 3. The molecule has 0 aliphatic carbocycles. The van der Waals surface area contributed by atoms with E-state index in [1.165, 1.54) is 7.11 Å². The van der Waals surface area contributed by atoms with E-state index in [-0.39, 0.29) is 11.9 Å². The van der Waals surface area contributed by atoms with E-state index in [1.807, 2.05) is 53.3 Å². The summed E-state index contributed by atoms with van der Waals surface area (Å²) in [5, 5.41) is 7.20. The molecule has 6 nitrogen and oxygen atoms in total. The van der Waals surface area contributed by atoms with Gasteiger partial charge in [0, 0.05) is 24.5 Å². The van der Waals surface area contributed by atoms with E-state index >= 15 is 0 Å². The molecule has 0 saturated heterocycles. The number of carbonyl (C=O) groups is 2. The molecule has 4 rings (SSSR count). The number of hydrogen-bond acceptors (Lipinski definition) is 4. The fraction of sp³-hybridized carbons (Fsp3) is 0.115. The van der Waals surface area contributed by atoms with Crippen molar-refractivity contribution < 1.29 is 14.3 Å². The Labute approximate surface area is 186 Å². The van der Waals surface area contributed by atoms with Gasteiger partial charge < -0.3 is 10.1 Å². The van der Waals surface area contributed by atoms with Crippen molar-refractivity contribution in [3.05, 3.63) is 114 Å². The molecule has 0 bridgehead atoms. The van der Waals surface area contributed by atoms with Crippen molar-refractivity contribution in [3.8, 4) is 11.1 Å². The van der Waals surface area contributed by atoms with Gasteiger partial charge in [-0.2, -0.15) is 5.10 Å². The highest BCUT2D eigenvalue weighted by Crippen LogP contribution is 2.24. The van der Waals surface area contributed by atoms with Crippen LogP contribution in [-0.2, 0) is 17.8 Å². The molecule has 0 spiro atoms. The molecule has 160 valence electrons. The van der Waals surface area contributed by atoms with Crippen LogP contribution in [0.4, 0.5) is 0 Å². The summed E-state index contributed by atoms with van der Waals surface area (Å²) in [5.74, 6) is -0.539. The topological polar surface area (TPSA) is 73.2 Å². The number of ether oxygens (including phenoxy) is 1. The first-order chi connectivity index (χ1) is 15.6. The number of carbonyl (C=O) groups excluding carboxylic acids is 2. The first-order valence-electron chi connectivity index (χ1n) is 10.3. The summed E-state index contributed by atoms with van der Waals surface area (Å²) < 4.78 is 6.58. The first-order valence-corrected chi connectivity index (χ1v) is 10.3. The van der Waals surface area contributed by atoms with E-state index in [4.69, 9.17) is 4.74 Å². The molecule has 0 atom stereocenters. The summed E-state index contributed by atoms with van der Waals surface area (Å²) >= 11 is 0. The van der Waals surface area contributed by atoms with Gasteiger partial charge >= 0.3 is 5.97 Å². The highest BCUT2D eigenvalue weighted by Gasteiger charge is 2.13. The van der Waals surface area contributed by atoms with Crippen LogP contribution in [0, 0.1) is 0 Å². The summed E-state index contributed by atoms with van der Waals surface area (Å²) in [6.45, 7) is 1.06. The Bertz CT molecular complexity index is 1200. The maximum Gasteiger partial charge on any atom is 0.337 e. The summed E-state index contributed by atoms with van der Waals surface area (Å²) in [6.07, 6.45) is 3.69. The molecule has 32 heavy (non-hydrogen) atoms. The zero-order valence-electron chi connectivity index (χ0n) is 17.7. The van der Waals surface area contributed by atoms with Crippen LogP contribution < -0.4 is 5.32 Å². The predicted molar refractivity (Wildman–Crippen MR) is 122 cm³/mol. The molecule has 0 saturated carbocycles. The van der Waals surface area contributed by atoms with Crippen molar-refractivity contribution in [2.75, 3.05) is 7.11 Å². The van der Waals surface area contributed by atoms with E-state index < -0.39 is 0 Å². The molecular formula is C26H23N3O3. The number of methoxy groups -OCH3 is 1. The monoisotopic (exact) mass is 425 g/mol. The van der Waals surface area contributed by atoms with Crippen LogP contribution in [0.25, 0.3) is 11.1 Å². The lowest BCUT2D eigenvalue weighted by molar-refractivity contribution is 0.0600. The molecule has 0 fully saturated rings. The number of rotatable bonds is 7. The molecule has 0 aliphatic heterocycles. The van der Waals surface area contributed by atoms with Crippen molar-refractivity contribution in [2.45, 2.75) is 13.1 Å². The number of hydrogen-bond donors (Lipinski definition) is 1. The Hall–Kier alpha value is -4.19. The van der Waals surface area contributed by atoms with E-state index in [9.17, 15) is 9.59 Å². The lowest BCUT2D eigenvalue weighted by Crippen LogP contribution is -2.23.